The minimum Gasteiger partial charge on any atom is -0.493 e. The van der Waals surface area contributed by atoms with Crippen LogP contribution in [0.5, 0.6) is 5.75 Å². The molecule has 0 aromatic heterocycles. The molecule has 36 heavy (non-hydrogen) atoms. The SMILES string of the molecule is CCC(C)C1[C@H](C(=O)NO)C(C(=O)Nc2ccc(OCCc3ccccc3)cc2F)CCN1C(=O)O. The Morgan fingerprint density at radius 3 is 2.50 bits per heavy atom. The Bertz CT molecular complexity index is 1070. The topological polar surface area (TPSA) is 128 Å². The van der Waals surface area contributed by atoms with E-state index in [9.17, 15) is 29.1 Å². The van der Waals surface area contributed by atoms with Crippen LogP contribution in [-0.4, -0.2) is 52.3 Å². The van der Waals surface area contributed by atoms with E-state index >= 15 is 0 Å². The maximum atomic E-state index is 14.8. The third kappa shape index (κ3) is 6.31. The number of amides is 3. The molecule has 3 amide bonds. The monoisotopic (exact) mass is 501 g/mol. The number of hydrogen-bond acceptors (Lipinski definition) is 5. The van der Waals surface area contributed by atoms with Crippen LogP contribution >= 0.6 is 0 Å². The van der Waals surface area contributed by atoms with Gasteiger partial charge in [0, 0.05) is 19.0 Å². The highest BCUT2D eigenvalue weighted by molar-refractivity contribution is 5.96. The number of hydroxylamine groups is 1. The normalized spacial score (nSPS) is 20.3. The van der Waals surface area contributed by atoms with Crippen molar-refractivity contribution in [2.75, 3.05) is 18.5 Å². The number of carboxylic acid groups (broad SMARTS) is 1. The molecule has 194 valence electrons. The van der Waals surface area contributed by atoms with Crippen molar-refractivity contribution < 1.29 is 33.8 Å². The Morgan fingerprint density at radius 2 is 1.89 bits per heavy atom. The minimum atomic E-state index is -1.20. The number of ether oxygens (including phenoxy) is 1. The van der Waals surface area contributed by atoms with E-state index in [-0.39, 0.29) is 24.6 Å². The lowest BCUT2D eigenvalue weighted by molar-refractivity contribution is -0.145. The summed E-state index contributed by atoms with van der Waals surface area (Å²) >= 11 is 0. The van der Waals surface area contributed by atoms with E-state index in [0.29, 0.717) is 25.2 Å². The molecule has 0 spiro atoms. The highest BCUT2D eigenvalue weighted by Gasteiger charge is 2.48. The number of rotatable bonds is 9. The smallest absolute Gasteiger partial charge is 0.407 e. The van der Waals surface area contributed by atoms with Crippen LogP contribution in [0.4, 0.5) is 14.9 Å². The van der Waals surface area contributed by atoms with Gasteiger partial charge in [-0.1, -0.05) is 50.6 Å². The third-order valence-corrected chi connectivity index (χ3v) is 6.77. The molecule has 0 aliphatic carbocycles. The van der Waals surface area contributed by atoms with Gasteiger partial charge in [0.25, 0.3) is 0 Å². The maximum absolute atomic E-state index is 14.8. The first-order valence-corrected chi connectivity index (χ1v) is 12.0. The van der Waals surface area contributed by atoms with E-state index in [1.54, 1.807) is 12.4 Å². The van der Waals surface area contributed by atoms with Crippen molar-refractivity contribution in [1.29, 1.82) is 0 Å². The molecule has 1 saturated heterocycles. The fourth-order valence-electron chi connectivity index (χ4n) is 4.71. The van der Waals surface area contributed by atoms with Crippen LogP contribution in [0, 0.1) is 23.6 Å². The van der Waals surface area contributed by atoms with E-state index in [0.717, 1.165) is 10.5 Å². The fraction of sp³-hybridized carbons (Fsp3) is 0.423. The van der Waals surface area contributed by atoms with Crippen molar-refractivity contribution in [3.8, 4) is 5.75 Å². The van der Waals surface area contributed by atoms with Crippen LogP contribution in [0.1, 0.15) is 32.3 Å². The number of nitrogens with one attached hydrogen (secondary N) is 2. The van der Waals surface area contributed by atoms with Gasteiger partial charge in [0.05, 0.1) is 30.2 Å². The largest absolute Gasteiger partial charge is 0.493 e. The first kappa shape index (κ1) is 26.9. The van der Waals surface area contributed by atoms with Crippen molar-refractivity contribution in [3.63, 3.8) is 0 Å². The van der Waals surface area contributed by atoms with Crippen LogP contribution in [-0.2, 0) is 16.0 Å². The lowest BCUT2D eigenvalue weighted by Gasteiger charge is -2.45. The molecule has 10 heteroatoms. The van der Waals surface area contributed by atoms with Gasteiger partial charge in [-0.2, -0.15) is 0 Å². The van der Waals surface area contributed by atoms with E-state index in [1.165, 1.54) is 18.2 Å². The second-order valence-electron chi connectivity index (χ2n) is 8.96. The van der Waals surface area contributed by atoms with E-state index in [1.807, 2.05) is 37.3 Å². The molecule has 3 rings (SSSR count). The molecule has 1 heterocycles. The molecule has 2 aromatic carbocycles. The predicted octanol–water partition coefficient (Wildman–Crippen LogP) is 3.92. The third-order valence-electron chi connectivity index (χ3n) is 6.77. The summed E-state index contributed by atoms with van der Waals surface area (Å²) < 4.78 is 20.4. The van der Waals surface area contributed by atoms with Gasteiger partial charge in [0.15, 0.2) is 0 Å². The predicted molar refractivity (Wildman–Crippen MR) is 130 cm³/mol. The summed E-state index contributed by atoms with van der Waals surface area (Å²) in [6.45, 7) is 4.02. The lowest BCUT2D eigenvalue weighted by Crippen LogP contribution is -2.60. The molecular weight excluding hydrogens is 469 g/mol. The Hall–Kier alpha value is -3.66. The number of carbonyl (C=O) groups excluding carboxylic acids is 2. The van der Waals surface area contributed by atoms with Gasteiger partial charge in [-0.15, -0.1) is 0 Å². The Morgan fingerprint density at radius 1 is 1.17 bits per heavy atom. The quantitative estimate of drug-likeness (QED) is 0.305. The van der Waals surface area contributed by atoms with Gasteiger partial charge in [0.1, 0.15) is 11.6 Å². The van der Waals surface area contributed by atoms with Gasteiger partial charge in [-0.05, 0) is 30.0 Å². The van der Waals surface area contributed by atoms with Crippen LogP contribution in [0.15, 0.2) is 48.5 Å². The molecule has 1 aliphatic rings. The van der Waals surface area contributed by atoms with Crippen molar-refractivity contribution in [2.45, 2.75) is 39.2 Å². The number of likely N-dealkylation sites (tertiary alicyclic amines) is 1. The highest BCUT2D eigenvalue weighted by Crippen LogP contribution is 2.36. The average Bonchev–Trinajstić information content (AvgIpc) is 2.88. The molecule has 0 saturated carbocycles. The number of hydrogen-bond donors (Lipinski definition) is 4. The fourth-order valence-corrected chi connectivity index (χ4v) is 4.71. The molecule has 2 aromatic rings. The summed E-state index contributed by atoms with van der Waals surface area (Å²) in [6, 6.07) is 13.0. The molecule has 9 nitrogen and oxygen atoms in total. The van der Waals surface area contributed by atoms with Gasteiger partial charge in [-0.25, -0.2) is 14.7 Å². The Kier molecular flexibility index (Phi) is 9.24. The summed E-state index contributed by atoms with van der Waals surface area (Å²) in [5.74, 6) is -4.24. The first-order chi connectivity index (χ1) is 17.3. The van der Waals surface area contributed by atoms with E-state index < -0.39 is 41.6 Å². The van der Waals surface area contributed by atoms with Crippen LogP contribution in [0.3, 0.4) is 0 Å². The number of carbonyl (C=O) groups is 3. The maximum Gasteiger partial charge on any atom is 0.407 e. The van der Waals surface area contributed by atoms with Gasteiger partial charge in [0.2, 0.25) is 11.8 Å². The summed E-state index contributed by atoms with van der Waals surface area (Å²) in [6.07, 6.45) is 0.0506. The van der Waals surface area contributed by atoms with Crippen molar-refractivity contribution in [3.05, 3.63) is 59.9 Å². The number of nitrogens with zero attached hydrogens (tertiary/aromatic N) is 1. The van der Waals surface area contributed by atoms with Crippen molar-refractivity contribution in [1.82, 2.24) is 10.4 Å². The second kappa shape index (κ2) is 12.3. The molecule has 1 aliphatic heterocycles. The average molecular weight is 502 g/mol. The van der Waals surface area contributed by atoms with Crippen molar-refractivity contribution in [2.24, 2.45) is 17.8 Å². The lowest BCUT2D eigenvalue weighted by atomic mass is 9.73. The number of benzene rings is 2. The van der Waals surface area contributed by atoms with Gasteiger partial charge in [-0.3, -0.25) is 14.8 Å². The first-order valence-electron chi connectivity index (χ1n) is 12.0. The second-order valence-corrected chi connectivity index (χ2v) is 8.96. The summed E-state index contributed by atoms with van der Waals surface area (Å²) in [7, 11) is 0. The van der Waals surface area contributed by atoms with Crippen LogP contribution in [0.25, 0.3) is 0 Å². The van der Waals surface area contributed by atoms with Gasteiger partial charge < -0.3 is 20.1 Å². The number of anilines is 1. The Labute approximate surface area is 209 Å². The molecule has 0 bridgehead atoms. The summed E-state index contributed by atoms with van der Waals surface area (Å²) in [4.78, 5) is 38.7. The number of halogens is 1. The molecule has 4 N–H and O–H groups in total. The molecule has 3 unspecified atom stereocenters. The number of piperidine rings is 1. The summed E-state index contributed by atoms with van der Waals surface area (Å²) in [5.41, 5.74) is 2.58. The molecular formula is C26H32FN3O6. The van der Waals surface area contributed by atoms with Crippen LogP contribution < -0.4 is 15.5 Å². The standard InChI is InChI=1S/C26H32FN3O6/c1-3-16(2)23-22(25(32)29-35)19(11-13-30(23)26(33)34)24(31)28-21-10-9-18(15-20(21)27)36-14-12-17-7-5-4-6-8-17/h4-10,15-16,19,22-23,35H,3,11-14H2,1-2H3,(H,28,31)(H,29,32)(H,33,34)/t16?,19?,22-,23?/m1/s1. The molecule has 0 radical (unpaired) electrons. The zero-order chi connectivity index (χ0) is 26.2. The van der Waals surface area contributed by atoms with E-state index in [2.05, 4.69) is 5.32 Å². The zero-order valence-electron chi connectivity index (χ0n) is 20.3. The van der Waals surface area contributed by atoms with E-state index in [4.69, 9.17) is 4.74 Å². The Balaban J connectivity index is 1.72. The summed E-state index contributed by atoms with van der Waals surface area (Å²) in [5, 5.41) is 21.5. The van der Waals surface area contributed by atoms with Crippen LogP contribution in [0.2, 0.25) is 0 Å². The minimum absolute atomic E-state index is 0.0360. The molecule has 4 atom stereocenters. The zero-order valence-corrected chi connectivity index (χ0v) is 20.3. The van der Waals surface area contributed by atoms with Crippen molar-refractivity contribution >= 4 is 23.6 Å². The molecule has 1 fully saturated rings. The highest BCUT2D eigenvalue weighted by atomic mass is 19.1. The van der Waals surface area contributed by atoms with Gasteiger partial charge >= 0.3 is 6.09 Å².